The number of benzene rings is 2. The first kappa shape index (κ1) is 27.4. The molecule has 4 aromatic rings. The number of amides is 1. The zero-order valence-corrected chi connectivity index (χ0v) is 22.4. The summed E-state index contributed by atoms with van der Waals surface area (Å²) in [5.74, 6) is 0.165. The van der Waals surface area contributed by atoms with E-state index >= 15 is 4.39 Å². The fourth-order valence-corrected chi connectivity index (χ4v) is 4.59. The minimum atomic E-state index is -2.97. The Morgan fingerprint density at radius 2 is 1.82 bits per heavy atom. The van der Waals surface area contributed by atoms with Crippen molar-refractivity contribution in [2.75, 3.05) is 13.1 Å². The van der Waals surface area contributed by atoms with Crippen molar-refractivity contribution in [2.24, 2.45) is 0 Å². The molecule has 1 fully saturated rings. The number of ether oxygens (including phenoxy) is 2. The zero-order valence-electron chi connectivity index (χ0n) is 22.4. The summed E-state index contributed by atoms with van der Waals surface area (Å²) in [5.41, 5.74) is -0.0509. The summed E-state index contributed by atoms with van der Waals surface area (Å²) in [6, 6.07) is 9.35. The van der Waals surface area contributed by atoms with Crippen LogP contribution in [-0.2, 0) is 16.9 Å². The molecule has 9 nitrogen and oxygen atoms in total. The Kier molecular flexibility index (Phi) is 6.90. The van der Waals surface area contributed by atoms with Crippen molar-refractivity contribution in [1.82, 2.24) is 24.4 Å². The molecule has 3 heterocycles. The SMILES string of the molecule is Cc1nc2cc(F)c(-c3cnc(C4(O)CN(C(=O)OC(C)(C)C)C4)nc3)cc2n1Cc1ccccc1OC(F)F. The average molecular weight is 556 g/mol. The second kappa shape index (κ2) is 10.1. The number of hydrogen-bond acceptors (Lipinski definition) is 7. The number of para-hydroxylation sites is 1. The van der Waals surface area contributed by atoms with Gasteiger partial charge in [-0.05, 0) is 39.8 Å². The van der Waals surface area contributed by atoms with Crippen LogP contribution in [0, 0.1) is 12.7 Å². The minimum Gasteiger partial charge on any atom is -0.444 e. The van der Waals surface area contributed by atoms with E-state index in [1.54, 1.807) is 56.5 Å². The fourth-order valence-electron chi connectivity index (χ4n) is 4.59. The number of carbonyl (C=O) groups excluding carboxylic acids is 1. The maximum atomic E-state index is 15.2. The lowest BCUT2D eigenvalue weighted by atomic mass is 9.93. The molecule has 0 saturated carbocycles. The molecule has 2 aromatic heterocycles. The maximum absolute atomic E-state index is 15.2. The largest absolute Gasteiger partial charge is 0.444 e. The van der Waals surface area contributed by atoms with Gasteiger partial charge >= 0.3 is 12.7 Å². The molecular weight excluding hydrogens is 527 g/mol. The fraction of sp³-hybridized carbons (Fsp3) is 0.357. The Hall–Kier alpha value is -4.19. The Labute approximate surface area is 228 Å². The number of β-amino-alcohol motifs (C(OH)–C–C–N with tert-alkyl or cyclic N) is 1. The summed E-state index contributed by atoms with van der Waals surface area (Å²) >= 11 is 0. The normalized spacial score (nSPS) is 14.9. The van der Waals surface area contributed by atoms with Crippen molar-refractivity contribution >= 4 is 17.1 Å². The first-order valence-corrected chi connectivity index (χ1v) is 12.6. The summed E-state index contributed by atoms with van der Waals surface area (Å²) < 4.78 is 52.7. The first-order chi connectivity index (χ1) is 18.8. The highest BCUT2D eigenvalue weighted by Crippen LogP contribution is 2.33. The smallest absolute Gasteiger partial charge is 0.410 e. The Morgan fingerprint density at radius 1 is 1.15 bits per heavy atom. The summed E-state index contributed by atoms with van der Waals surface area (Å²) in [5, 5.41) is 10.9. The highest BCUT2D eigenvalue weighted by molar-refractivity contribution is 5.83. The number of halogens is 3. The number of fused-ring (bicyclic) bond motifs is 1. The number of rotatable bonds is 6. The Bertz CT molecular complexity index is 1560. The second-order valence-corrected chi connectivity index (χ2v) is 10.7. The van der Waals surface area contributed by atoms with Crippen molar-refractivity contribution in [2.45, 2.75) is 52.1 Å². The summed E-state index contributed by atoms with van der Waals surface area (Å²) in [4.78, 5) is 26.5. The predicted molar refractivity (Wildman–Crippen MR) is 139 cm³/mol. The van der Waals surface area contributed by atoms with E-state index in [-0.39, 0.29) is 36.8 Å². The van der Waals surface area contributed by atoms with Crippen molar-refractivity contribution in [1.29, 1.82) is 0 Å². The number of imidazole rings is 1. The van der Waals surface area contributed by atoms with E-state index in [4.69, 9.17) is 4.74 Å². The molecule has 0 bridgehead atoms. The first-order valence-electron chi connectivity index (χ1n) is 12.6. The van der Waals surface area contributed by atoms with Gasteiger partial charge in [-0.1, -0.05) is 18.2 Å². The van der Waals surface area contributed by atoms with Gasteiger partial charge < -0.3 is 24.0 Å². The van der Waals surface area contributed by atoms with E-state index in [1.165, 1.54) is 29.4 Å². The molecule has 1 saturated heterocycles. The summed E-state index contributed by atoms with van der Waals surface area (Å²) in [6.07, 6.45) is 2.26. The molecule has 12 heteroatoms. The van der Waals surface area contributed by atoms with Gasteiger partial charge in [0.05, 0.1) is 30.7 Å². The quantitative estimate of drug-likeness (QED) is 0.356. The predicted octanol–water partition coefficient (Wildman–Crippen LogP) is 5.03. The standard InChI is InChI=1S/C28H28F3N5O4/c1-16-34-21-10-20(29)19(9-22(21)36(16)13-17-7-5-6-8-23(17)39-25(30)31)18-11-32-24(33-12-18)28(38)14-35(15-28)26(37)40-27(2,3)4/h5-12,25,38H,13-15H2,1-4H3. The number of alkyl halides is 2. The number of hydrogen-bond donors (Lipinski definition) is 1. The van der Waals surface area contributed by atoms with Crippen LogP contribution in [0.15, 0.2) is 48.8 Å². The van der Waals surface area contributed by atoms with E-state index in [2.05, 4.69) is 19.7 Å². The van der Waals surface area contributed by atoms with Gasteiger partial charge in [0.25, 0.3) is 0 Å². The minimum absolute atomic E-state index is 0.0310. The number of likely N-dealkylation sites (tertiary alicyclic amines) is 1. The molecule has 1 N–H and O–H groups in total. The van der Waals surface area contributed by atoms with Crippen LogP contribution in [-0.4, -0.2) is 60.9 Å². The van der Waals surface area contributed by atoms with Crippen LogP contribution in [0.25, 0.3) is 22.2 Å². The molecule has 0 unspecified atom stereocenters. The van der Waals surface area contributed by atoms with Gasteiger partial charge in [0.2, 0.25) is 0 Å². The lowest BCUT2D eigenvalue weighted by Gasteiger charge is -2.45. The van der Waals surface area contributed by atoms with Crippen molar-refractivity contribution in [3.05, 3.63) is 71.8 Å². The van der Waals surface area contributed by atoms with Crippen molar-refractivity contribution in [3.8, 4) is 16.9 Å². The van der Waals surface area contributed by atoms with Gasteiger partial charge in [-0.15, -0.1) is 0 Å². The molecular formula is C28H28F3N5O4. The van der Waals surface area contributed by atoms with Crippen LogP contribution in [0.1, 0.15) is 38.0 Å². The molecule has 0 spiro atoms. The van der Waals surface area contributed by atoms with E-state index in [9.17, 15) is 18.7 Å². The van der Waals surface area contributed by atoms with Crippen LogP contribution in [0.3, 0.4) is 0 Å². The molecule has 1 amide bonds. The molecule has 5 rings (SSSR count). The van der Waals surface area contributed by atoms with E-state index in [1.807, 2.05) is 0 Å². The monoisotopic (exact) mass is 555 g/mol. The van der Waals surface area contributed by atoms with Gasteiger partial charge in [0.1, 0.15) is 23.0 Å². The number of carbonyl (C=O) groups is 1. The molecule has 0 aliphatic carbocycles. The van der Waals surface area contributed by atoms with Crippen molar-refractivity contribution in [3.63, 3.8) is 0 Å². The third-order valence-corrected chi connectivity index (χ3v) is 6.48. The van der Waals surface area contributed by atoms with Crippen LogP contribution in [0.2, 0.25) is 0 Å². The van der Waals surface area contributed by atoms with Crippen molar-refractivity contribution < 1.29 is 32.5 Å². The van der Waals surface area contributed by atoms with E-state index in [0.29, 0.717) is 28.0 Å². The third-order valence-electron chi connectivity index (χ3n) is 6.48. The third kappa shape index (κ3) is 5.44. The molecule has 40 heavy (non-hydrogen) atoms. The number of aryl methyl sites for hydroxylation is 1. The van der Waals surface area contributed by atoms with Crippen LogP contribution < -0.4 is 4.74 Å². The lowest BCUT2D eigenvalue weighted by molar-refractivity contribution is -0.108. The van der Waals surface area contributed by atoms with Gasteiger partial charge in [-0.25, -0.2) is 24.1 Å². The maximum Gasteiger partial charge on any atom is 0.410 e. The molecule has 0 radical (unpaired) electrons. The van der Waals surface area contributed by atoms with Gasteiger partial charge in [0, 0.05) is 35.2 Å². The Morgan fingerprint density at radius 3 is 2.48 bits per heavy atom. The molecule has 1 aliphatic rings. The van der Waals surface area contributed by atoms with Gasteiger partial charge in [0.15, 0.2) is 11.4 Å². The topological polar surface area (TPSA) is 103 Å². The van der Waals surface area contributed by atoms with Crippen LogP contribution >= 0.6 is 0 Å². The number of nitrogens with zero attached hydrogens (tertiary/aromatic N) is 5. The summed E-state index contributed by atoms with van der Waals surface area (Å²) in [6.45, 7) is 4.15. The number of aliphatic hydroxyl groups is 1. The highest BCUT2D eigenvalue weighted by atomic mass is 19.3. The van der Waals surface area contributed by atoms with Crippen LogP contribution in [0.5, 0.6) is 5.75 Å². The molecule has 0 atom stereocenters. The molecule has 2 aromatic carbocycles. The van der Waals surface area contributed by atoms with Crippen LogP contribution in [0.4, 0.5) is 18.0 Å². The van der Waals surface area contributed by atoms with E-state index < -0.39 is 29.7 Å². The van der Waals surface area contributed by atoms with E-state index in [0.717, 1.165) is 0 Å². The summed E-state index contributed by atoms with van der Waals surface area (Å²) in [7, 11) is 0. The van der Waals surface area contributed by atoms with Gasteiger partial charge in [-0.2, -0.15) is 8.78 Å². The second-order valence-electron chi connectivity index (χ2n) is 10.7. The Balaban J connectivity index is 1.40. The average Bonchev–Trinajstić information content (AvgIpc) is 3.15. The lowest BCUT2D eigenvalue weighted by Crippen LogP contribution is -2.62. The van der Waals surface area contributed by atoms with Gasteiger partial charge in [-0.3, -0.25) is 0 Å². The molecule has 210 valence electrons. The highest BCUT2D eigenvalue weighted by Gasteiger charge is 2.48. The zero-order chi connectivity index (χ0) is 28.8. The molecule has 1 aliphatic heterocycles. The number of aromatic nitrogens is 4.